The van der Waals surface area contributed by atoms with Crippen molar-refractivity contribution in [1.29, 1.82) is 0 Å². The molecule has 0 unspecified atom stereocenters. The summed E-state index contributed by atoms with van der Waals surface area (Å²) in [7, 11) is 0. The summed E-state index contributed by atoms with van der Waals surface area (Å²) >= 11 is 0. The fourth-order valence-corrected chi connectivity index (χ4v) is 2.15. The third kappa shape index (κ3) is 15.0. The first-order valence-corrected chi connectivity index (χ1v) is 9.55. The number of ether oxygens (including phenoxy) is 4. The highest BCUT2D eigenvalue weighted by molar-refractivity contribution is 5.69. The molecule has 1 rings (SSSR count). The molecule has 1 aromatic carbocycles. The molecule has 0 radical (unpaired) electrons. The number of carboxylic acid groups (broad SMARTS) is 1. The minimum Gasteiger partial charge on any atom is -0.481 e. The molecular formula is C20H29NO8. The fourth-order valence-electron chi connectivity index (χ4n) is 2.15. The molecule has 9 heteroatoms. The first-order chi connectivity index (χ1) is 14.1. The molecule has 0 bridgehead atoms. The number of carbonyl (C=O) groups is 3. The number of carboxylic acids is 1. The number of aliphatic carboxylic acids is 1. The summed E-state index contributed by atoms with van der Waals surface area (Å²) in [5, 5.41) is 11.1. The molecule has 0 aromatic heterocycles. The molecule has 2 N–H and O–H groups in total. The summed E-state index contributed by atoms with van der Waals surface area (Å²) in [6, 6.07) is 9.40. The van der Waals surface area contributed by atoms with E-state index < -0.39 is 12.1 Å². The largest absolute Gasteiger partial charge is 0.481 e. The Morgan fingerprint density at radius 2 is 1.48 bits per heavy atom. The quantitative estimate of drug-likeness (QED) is 0.314. The Bertz CT molecular complexity index is 593. The SMILES string of the molecule is O=C(O)CCCCC(=O)OCCOCCOCCNC(=O)OCc1ccccc1. The van der Waals surface area contributed by atoms with E-state index in [1.807, 2.05) is 30.3 Å². The molecular weight excluding hydrogens is 382 g/mol. The molecule has 0 saturated carbocycles. The summed E-state index contributed by atoms with van der Waals surface area (Å²) in [6.45, 7) is 1.97. The van der Waals surface area contributed by atoms with Crippen LogP contribution in [0.1, 0.15) is 31.2 Å². The van der Waals surface area contributed by atoms with Crippen LogP contribution in [0.4, 0.5) is 4.79 Å². The van der Waals surface area contributed by atoms with Gasteiger partial charge in [-0.1, -0.05) is 30.3 Å². The lowest BCUT2D eigenvalue weighted by atomic mass is 10.2. The zero-order valence-electron chi connectivity index (χ0n) is 16.5. The monoisotopic (exact) mass is 411 g/mol. The van der Waals surface area contributed by atoms with Crippen LogP contribution in [0, 0.1) is 0 Å². The molecule has 0 saturated heterocycles. The van der Waals surface area contributed by atoms with Gasteiger partial charge in [-0.3, -0.25) is 9.59 Å². The number of esters is 1. The molecule has 0 aliphatic heterocycles. The fraction of sp³-hybridized carbons (Fsp3) is 0.550. The van der Waals surface area contributed by atoms with Crippen molar-refractivity contribution in [2.45, 2.75) is 32.3 Å². The molecule has 0 fully saturated rings. The predicted molar refractivity (Wildman–Crippen MR) is 103 cm³/mol. The van der Waals surface area contributed by atoms with E-state index in [2.05, 4.69) is 5.32 Å². The van der Waals surface area contributed by atoms with Crippen molar-refractivity contribution in [1.82, 2.24) is 5.32 Å². The van der Waals surface area contributed by atoms with Crippen LogP contribution in [0.15, 0.2) is 30.3 Å². The molecule has 29 heavy (non-hydrogen) atoms. The van der Waals surface area contributed by atoms with E-state index in [4.69, 9.17) is 24.1 Å². The Hall–Kier alpha value is -2.65. The molecule has 1 amide bonds. The highest BCUT2D eigenvalue weighted by atomic mass is 16.6. The van der Waals surface area contributed by atoms with Gasteiger partial charge in [-0.05, 0) is 18.4 Å². The van der Waals surface area contributed by atoms with Crippen molar-refractivity contribution in [3.05, 3.63) is 35.9 Å². The molecule has 0 aliphatic rings. The number of alkyl carbamates (subject to hydrolysis) is 1. The van der Waals surface area contributed by atoms with Gasteiger partial charge in [-0.15, -0.1) is 0 Å². The lowest BCUT2D eigenvalue weighted by molar-refractivity contribution is -0.146. The molecule has 0 heterocycles. The van der Waals surface area contributed by atoms with E-state index in [0.29, 0.717) is 39.2 Å². The number of hydrogen-bond acceptors (Lipinski definition) is 7. The van der Waals surface area contributed by atoms with Crippen LogP contribution >= 0.6 is 0 Å². The van der Waals surface area contributed by atoms with Gasteiger partial charge in [0.1, 0.15) is 13.2 Å². The van der Waals surface area contributed by atoms with Gasteiger partial charge < -0.3 is 29.4 Å². The van der Waals surface area contributed by atoms with Crippen LogP contribution in [0.3, 0.4) is 0 Å². The molecule has 162 valence electrons. The van der Waals surface area contributed by atoms with Gasteiger partial charge in [0, 0.05) is 19.4 Å². The summed E-state index contributed by atoms with van der Waals surface area (Å²) in [5.74, 6) is -1.23. The summed E-state index contributed by atoms with van der Waals surface area (Å²) in [4.78, 5) is 33.2. The van der Waals surface area contributed by atoms with Gasteiger partial charge in [-0.2, -0.15) is 0 Å². The van der Waals surface area contributed by atoms with E-state index in [1.165, 1.54) is 0 Å². The standard InChI is InChI=1S/C20H29NO8/c22-18(23)8-4-5-9-19(24)28-15-14-27-13-12-26-11-10-21-20(25)29-16-17-6-2-1-3-7-17/h1-3,6-7H,4-5,8-16H2,(H,21,25)(H,22,23). The van der Waals surface area contributed by atoms with E-state index >= 15 is 0 Å². The zero-order chi connectivity index (χ0) is 21.2. The smallest absolute Gasteiger partial charge is 0.407 e. The maximum absolute atomic E-state index is 11.5. The molecule has 9 nitrogen and oxygen atoms in total. The molecule has 1 aromatic rings. The molecule has 0 atom stereocenters. The predicted octanol–water partition coefficient (Wildman–Crippen LogP) is 2.13. The third-order valence-electron chi connectivity index (χ3n) is 3.61. The van der Waals surface area contributed by atoms with Gasteiger partial charge in [-0.25, -0.2) is 4.79 Å². The van der Waals surface area contributed by atoms with Crippen molar-refractivity contribution < 1.29 is 38.4 Å². The van der Waals surface area contributed by atoms with Crippen molar-refractivity contribution in [3.63, 3.8) is 0 Å². The Labute approximate surface area is 170 Å². The number of nitrogens with one attached hydrogen (secondary N) is 1. The Morgan fingerprint density at radius 1 is 0.828 bits per heavy atom. The number of rotatable bonds is 16. The second-order valence-electron chi connectivity index (χ2n) is 6.03. The Kier molecular flexibility index (Phi) is 13.7. The van der Waals surface area contributed by atoms with Crippen molar-refractivity contribution >= 4 is 18.0 Å². The maximum atomic E-state index is 11.5. The summed E-state index contributed by atoms with van der Waals surface area (Å²) < 4.78 is 20.6. The number of carbonyl (C=O) groups excluding carboxylic acids is 2. The lowest BCUT2D eigenvalue weighted by Crippen LogP contribution is -2.28. The van der Waals surface area contributed by atoms with E-state index in [-0.39, 0.29) is 38.6 Å². The summed E-state index contributed by atoms with van der Waals surface area (Å²) in [5.41, 5.74) is 0.917. The van der Waals surface area contributed by atoms with Gasteiger partial charge in [0.2, 0.25) is 0 Å². The Morgan fingerprint density at radius 3 is 2.21 bits per heavy atom. The number of unbranched alkanes of at least 4 members (excludes halogenated alkanes) is 1. The van der Waals surface area contributed by atoms with Gasteiger partial charge in [0.15, 0.2) is 0 Å². The summed E-state index contributed by atoms with van der Waals surface area (Å²) in [6.07, 6.45) is 0.710. The van der Waals surface area contributed by atoms with Crippen molar-refractivity contribution in [2.24, 2.45) is 0 Å². The van der Waals surface area contributed by atoms with Crippen LogP contribution in [0.2, 0.25) is 0 Å². The highest BCUT2D eigenvalue weighted by Gasteiger charge is 2.04. The van der Waals surface area contributed by atoms with Crippen molar-refractivity contribution in [3.8, 4) is 0 Å². The topological polar surface area (TPSA) is 120 Å². The van der Waals surface area contributed by atoms with Gasteiger partial charge in [0.05, 0.1) is 26.4 Å². The van der Waals surface area contributed by atoms with Crippen LogP contribution in [0.5, 0.6) is 0 Å². The first-order valence-electron chi connectivity index (χ1n) is 9.55. The van der Waals surface area contributed by atoms with Crippen LogP contribution in [0.25, 0.3) is 0 Å². The highest BCUT2D eigenvalue weighted by Crippen LogP contribution is 2.01. The maximum Gasteiger partial charge on any atom is 0.407 e. The van der Waals surface area contributed by atoms with E-state index in [0.717, 1.165) is 5.56 Å². The second-order valence-corrected chi connectivity index (χ2v) is 6.03. The van der Waals surface area contributed by atoms with Gasteiger partial charge >= 0.3 is 18.0 Å². The zero-order valence-corrected chi connectivity index (χ0v) is 16.5. The second kappa shape index (κ2) is 16.3. The number of benzene rings is 1. The van der Waals surface area contributed by atoms with Crippen LogP contribution < -0.4 is 5.32 Å². The van der Waals surface area contributed by atoms with E-state index in [1.54, 1.807) is 0 Å². The molecule has 0 spiro atoms. The number of hydrogen-bond donors (Lipinski definition) is 2. The normalized spacial score (nSPS) is 10.3. The first kappa shape index (κ1) is 24.4. The molecule has 0 aliphatic carbocycles. The average molecular weight is 411 g/mol. The minimum atomic E-state index is -0.868. The third-order valence-corrected chi connectivity index (χ3v) is 3.61. The average Bonchev–Trinajstić information content (AvgIpc) is 2.71. The Balaban J connectivity index is 1.83. The number of amides is 1. The van der Waals surface area contributed by atoms with Crippen LogP contribution in [-0.2, 0) is 35.1 Å². The van der Waals surface area contributed by atoms with Crippen molar-refractivity contribution in [2.75, 3.05) is 39.6 Å². The van der Waals surface area contributed by atoms with Gasteiger partial charge in [0.25, 0.3) is 0 Å². The van der Waals surface area contributed by atoms with Crippen LogP contribution in [-0.4, -0.2) is 62.7 Å². The lowest BCUT2D eigenvalue weighted by Gasteiger charge is -2.08. The minimum absolute atomic E-state index is 0.0563. The van der Waals surface area contributed by atoms with E-state index in [9.17, 15) is 14.4 Å².